The quantitative estimate of drug-likeness (QED) is 0.596. The van der Waals surface area contributed by atoms with Crippen LogP contribution < -0.4 is 4.74 Å². The molecule has 2 heterocycles. The van der Waals surface area contributed by atoms with E-state index >= 15 is 0 Å². The first-order valence-electron chi connectivity index (χ1n) is 9.94. The molecule has 1 aliphatic heterocycles. The van der Waals surface area contributed by atoms with Crippen LogP contribution in [0, 0.1) is 0 Å². The molecule has 0 fully saturated rings. The number of furan rings is 1. The molecule has 1 aromatic heterocycles. The SMILES string of the molecule is COc1ccc([C@@H]2CC(c3ccccc3)=NN2C(=O)CN(C)Cc2ccco2)cc1. The summed E-state index contributed by atoms with van der Waals surface area (Å²) in [6.45, 7) is 0.813. The first-order chi connectivity index (χ1) is 14.6. The van der Waals surface area contributed by atoms with E-state index in [-0.39, 0.29) is 18.5 Å². The molecule has 1 aliphatic rings. The van der Waals surface area contributed by atoms with E-state index in [1.165, 1.54) is 0 Å². The van der Waals surface area contributed by atoms with Crippen LogP contribution in [0.1, 0.15) is 29.3 Å². The van der Waals surface area contributed by atoms with Gasteiger partial charge in [0, 0.05) is 6.42 Å². The summed E-state index contributed by atoms with van der Waals surface area (Å²) < 4.78 is 10.7. The highest BCUT2D eigenvalue weighted by atomic mass is 16.5. The average Bonchev–Trinajstić information content (AvgIpc) is 3.44. The largest absolute Gasteiger partial charge is 0.497 e. The summed E-state index contributed by atoms with van der Waals surface area (Å²) in [7, 11) is 3.55. The normalized spacial score (nSPS) is 16.0. The molecule has 0 radical (unpaired) electrons. The summed E-state index contributed by atoms with van der Waals surface area (Å²) in [4.78, 5) is 15.1. The van der Waals surface area contributed by atoms with Gasteiger partial charge in [0.1, 0.15) is 11.5 Å². The lowest BCUT2D eigenvalue weighted by Crippen LogP contribution is -2.36. The number of carbonyl (C=O) groups is 1. The maximum atomic E-state index is 13.2. The van der Waals surface area contributed by atoms with E-state index < -0.39 is 0 Å². The maximum absolute atomic E-state index is 13.2. The molecule has 1 atom stereocenters. The number of hydrazone groups is 1. The van der Waals surface area contributed by atoms with Crippen LogP contribution >= 0.6 is 0 Å². The third-order valence-corrected chi connectivity index (χ3v) is 5.18. The van der Waals surface area contributed by atoms with Gasteiger partial charge in [-0.15, -0.1) is 0 Å². The molecule has 0 N–H and O–H groups in total. The fraction of sp³-hybridized carbons (Fsp3) is 0.250. The molecule has 30 heavy (non-hydrogen) atoms. The Balaban J connectivity index is 1.56. The van der Waals surface area contributed by atoms with Crippen LogP contribution in [0.2, 0.25) is 0 Å². The number of benzene rings is 2. The molecule has 0 spiro atoms. The molecular weight excluding hydrogens is 378 g/mol. The minimum atomic E-state index is -0.143. The Kier molecular flexibility index (Phi) is 5.95. The topological polar surface area (TPSA) is 58.3 Å². The van der Waals surface area contributed by atoms with Gasteiger partial charge >= 0.3 is 0 Å². The Bertz CT molecular complexity index is 998. The van der Waals surface area contributed by atoms with E-state index in [9.17, 15) is 4.79 Å². The molecule has 6 heteroatoms. The molecule has 0 aliphatic carbocycles. The minimum Gasteiger partial charge on any atom is -0.497 e. The van der Waals surface area contributed by atoms with Crippen molar-refractivity contribution in [1.29, 1.82) is 0 Å². The Morgan fingerprint density at radius 2 is 1.90 bits per heavy atom. The molecule has 154 valence electrons. The van der Waals surface area contributed by atoms with E-state index in [0.29, 0.717) is 13.0 Å². The monoisotopic (exact) mass is 403 g/mol. The lowest BCUT2D eigenvalue weighted by molar-refractivity contribution is -0.134. The summed E-state index contributed by atoms with van der Waals surface area (Å²) >= 11 is 0. The number of ether oxygens (including phenoxy) is 1. The van der Waals surface area contributed by atoms with Crippen LogP contribution in [0.15, 0.2) is 82.5 Å². The first kappa shape index (κ1) is 19.9. The lowest BCUT2D eigenvalue weighted by atomic mass is 9.98. The smallest absolute Gasteiger partial charge is 0.257 e. The molecule has 0 bridgehead atoms. The molecule has 4 rings (SSSR count). The highest BCUT2D eigenvalue weighted by Gasteiger charge is 2.33. The number of methoxy groups -OCH3 is 1. The van der Waals surface area contributed by atoms with Gasteiger partial charge in [-0.2, -0.15) is 5.10 Å². The van der Waals surface area contributed by atoms with Gasteiger partial charge in [-0.25, -0.2) is 5.01 Å². The van der Waals surface area contributed by atoms with Crippen molar-refractivity contribution >= 4 is 11.6 Å². The lowest BCUT2D eigenvalue weighted by Gasteiger charge is -2.24. The second-order valence-corrected chi connectivity index (χ2v) is 7.40. The summed E-state index contributed by atoms with van der Waals surface area (Å²) in [5.41, 5.74) is 2.99. The van der Waals surface area contributed by atoms with Gasteiger partial charge in [0.05, 0.1) is 38.2 Å². The molecule has 0 unspecified atom stereocenters. The molecule has 0 saturated heterocycles. The zero-order chi connectivity index (χ0) is 20.9. The standard InChI is InChI=1S/C24H25N3O3/c1-26(16-21-9-6-14-30-21)17-24(28)27-23(19-10-12-20(29-2)13-11-19)15-22(25-27)18-7-4-3-5-8-18/h3-14,23H,15-17H2,1-2H3/t23-/m0/s1. The van der Waals surface area contributed by atoms with Crippen molar-refractivity contribution in [2.24, 2.45) is 5.10 Å². The zero-order valence-electron chi connectivity index (χ0n) is 17.2. The van der Waals surface area contributed by atoms with Gasteiger partial charge in [-0.05, 0) is 42.4 Å². The van der Waals surface area contributed by atoms with Crippen LogP contribution in [0.25, 0.3) is 0 Å². The second kappa shape index (κ2) is 8.97. The van der Waals surface area contributed by atoms with Crippen molar-refractivity contribution in [3.8, 4) is 5.75 Å². The fourth-order valence-electron chi connectivity index (χ4n) is 3.66. The van der Waals surface area contributed by atoms with Crippen LogP contribution in [0.3, 0.4) is 0 Å². The van der Waals surface area contributed by atoms with Crippen molar-refractivity contribution in [2.45, 2.75) is 19.0 Å². The van der Waals surface area contributed by atoms with Gasteiger partial charge in [0.15, 0.2) is 0 Å². The number of hydrogen-bond acceptors (Lipinski definition) is 5. The Morgan fingerprint density at radius 1 is 1.13 bits per heavy atom. The Hall–Kier alpha value is -3.38. The van der Waals surface area contributed by atoms with E-state index in [1.54, 1.807) is 18.4 Å². The van der Waals surface area contributed by atoms with E-state index in [4.69, 9.17) is 14.3 Å². The highest BCUT2D eigenvalue weighted by molar-refractivity contribution is 6.03. The van der Waals surface area contributed by atoms with Crippen molar-refractivity contribution in [1.82, 2.24) is 9.91 Å². The minimum absolute atomic E-state index is 0.0456. The van der Waals surface area contributed by atoms with E-state index in [0.717, 1.165) is 28.3 Å². The summed E-state index contributed by atoms with van der Waals surface area (Å²) in [6.07, 6.45) is 2.31. The van der Waals surface area contributed by atoms with Crippen molar-refractivity contribution in [2.75, 3.05) is 20.7 Å². The van der Waals surface area contributed by atoms with E-state index in [1.807, 2.05) is 78.7 Å². The number of hydrogen-bond donors (Lipinski definition) is 0. The van der Waals surface area contributed by atoms with Crippen LogP contribution in [0.4, 0.5) is 0 Å². The number of carbonyl (C=O) groups excluding carboxylic acids is 1. The third-order valence-electron chi connectivity index (χ3n) is 5.18. The van der Waals surface area contributed by atoms with Crippen molar-refractivity contribution in [3.63, 3.8) is 0 Å². The Labute approximate surface area is 176 Å². The van der Waals surface area contributed by atoms with Crippen molar-refractivity contribution in [3.05, 3.63) is 89.9 Å². The predicted octanol–water partition coefficient (Wildman–Crippen LogP) is 4.10. The number of rotatable bonds is 7. The molecule has 6 nitrogen and oxygen atoms in total. The number of likely N-dealkylation sites (N-methyl/N-ethyl adjacent to an activating group) is 1. The van der Waals surface area contributed by atoms with Crippen molar-refractivity contribution < 1.29 is 13.9 Å². The molecule has 1 amide bonds. The Morgan fingerprint density at radius 3 is 2.57 bits per heavy atom. The summed E-state index contributed by atoms with van der Waals surface area (Å²) in [5, 5.41) is 6.36. The highest BCUT2D eigenvalue weighted by Crippen LogP contribution is 2.33. The number of nitrogens with zero attached hydrogens (tertiary/aromatic N) is 3. The molecule has 0 saturated carbocycles. The van der Waals surface area contributed by atoms with Gasteiger partial charge in [0.2, 0.25) is 0 Å². The third kappa shape index (κ3) is 4.44. The predicted molar refractivity (Wildman–Crippen MR) is 115 cm³/mol. The average molecular weight is 403 g/mol. The van der Waals surface area contributed by atoms with Gasteiger partial charge in [-0.1, -0.05) is 42.5 Å². The second-order valence-electron chi connectivity index (χ2n) is 7.40. The van der Waals surface area contributed by atoms with Gasteiger partial charge in [-0.3, -0.25) is 9.69 Å². The summed E-state index contributed by atoms with van der Waals surface area (Å²) in [6, 6.07) is 21.5. The van der Waals surface area contributed by atoms with Gasteiger partial charge in [0.25, 0.3) is 5.91 Å². The van der Waals surface area contributed by atoms with Crippen LogP contribution in [0.5, 0.6) is 5.75 Å². The zero-order valence-corrected chi connectivity index (χ0v) is 17.2. The fourth-order valence-corrected chi connectivity index (χ4v) is 3.66. The van der Waals surface area contributed by atoms with Crippen LogP contribution in [-0.2, 0) is 11.3 Å². The van der Waals surface area contributed by atoms with E-state index in [2.05, 4.69) is 0 Å². The molecule has 2 aromatic carbocycles. The molecule has 3 aromatic rings. The molecular formula is C24H25N3O3. The summed E-state index contributed by atoms with van der Waals surface area (Å²) in [5.74, 6) is 1.57. The van der Waals surface area contributed by atoms with Crippen LogP contribution in [-0.4, -0.2) is 42.2 Å². The first-order valence-corrected chi connectivity index (χ1v) is 9.94. The number of amides is 1. The van der Waals surface area contributed by atoms with Gasteiger partial charge < -0.3 is 9.15 Å². The maximum Gasteiger partial charge on any atom is 0.257 e.